The fraction of sp³-hybridized carbons (Fsp3) is 0. The maximum Gasteiger partial charge on any atom is 0.316 e. The lowest BCUT2D eigenvalue weighted by atomic mass is 10.1. The van der Waals surface area contributed by atoms with Crippen molar-refractivity contribution < 1.29 is 31.0 Å². The van der Waals surface area contributed by atoms with Gasteiger partial charge in [0.25, 0.3) is 20.2 Å². The first-order valence-corrected chi connectivity index (χ1v) is 7.69. The van der Waals surface area contributed by atoms with Crippen molar-refractivity contribution >= 4 is 54.1 Å². The van der Waals surface area contributed by atoms with Crippen molar-refractivity contribution in [2.24, 2.45) is 0 Å². The molecule has 0 unspecified atom stereocenters. The van der Waals surface area contributed by atoms with Crippen LogP contribution in [-0.2, 0) is 20.2 Å². The molecule has 0 radical (unpaired) electrons. The lowest BCUT2D eigenvalue weighted by molar-refractivity contribution is 0.476. The van der Waals surface area contributed by atoms with Gasteiger partial charge in [0, 0.05) is 10.8 Å². The fourth-order valence-corrected chi connectivity index (χ4v) is 2.86. The van der Waals surface area contributed by atoms with Crippen LogP contribution in [0, 0.1) is 0 Å². The molecule has 0 amide bonds. The minimum absolute atomic E-state index is 0. The summed E-state index contributed by atoms with van der Waals surface area (Å²) >= 11 is 0. The summed E-state index contributed by atoms with van der Waals surface area (Å²) < 4.78 is 62.3. The van der Waals surface area contributed by atoms with Crippen molar-refractivity contribution in [1.82, 2.24) is 0 Å². The zero-order valence-corrected chi connectivity index (χ0v) is 10.8. The van der Waals surface area contributed by atoms with Crippen molar-refractivity contribution in [2.45, 2.75) is 9.79 Å². The number of phenolic OH excluding ortho intramolecular Hbond substituents is 1. The van der Waals surface area contributed by atoms with E-state index in [-0.39, 0.29) is 39.6 Å². The van der Waals surface area contributed by atoms with Gasteiger partial charge in [0.2, 0.25) is 0 Å². The maximum absolute atomic E-state index is 11.2. The molecule has 0 fully saturated rings. The van der Waals surface area contributed by atoms with Crippen LogP contribution in [0.3, 0.4) is 0 Å². The van der Waals surface area contributed by atoms with Crippen molar-refractivity contribution in [3.63, 3.8) is 0 Å². The number of aromatic hydroxyl groups is 1. The third-order valence-electron chi connectivity index (χ3n) is 2.50. The van der Waals surface area contributed by atoms with E-state index in [1.54, 1.807) is 0 Å². The number of rotatable bonds is 2. The van der Waals surface area contributed by atoms with Crippen LogP contribution in [-0.4, -0.2) is 54.1 Å². The molecule has 0 aliphatic carbocycles. The van der Waals surface area contributed by atoms with Crippen LogP contribution >= 0.6 is 0 Å². The Morgan fingerprint density at radius 2 is 1.40 bits per heavy atom. The molecule has 0 aromatic heterocycles. The van der Waals surface area contributed by atoms with Crippen molar-refractivity contribution in [3.8, 4) is 5.75 Å². The van der Waals surface area contributed by atoms with Crippen LogP contribution in [0.15, 0.2) is 40.1 Å². The highest BCUT2D eigenvalue weighted by Crippen LogP contribution is 2.31. The molecular formula is C10H10MgO7S2. The van der Waals surface area contributed by atoms with E-state index in [1.807, 2.05) is 0 Å². The van der Waals surface area contributed by atoms with Gasteiger partial charge in [-0.25, -0.2) is 0 Å². The lowest BCUT2D eigenvalue weighted by Crippen LogP contribution is -2.01. The van der Waals surface area contributed by atoms with Crippen LogP contribution in [0.25, 0.3) is 10.8 Å². The molecule has 2 rings (SSSR count). The van der Waals surface area contributed by atoms with Gasteiger partial charge in [0.1, 0.15) is 10.6 Å². The van der Waals surface area contributed by atoms with Gasteiger partial charge in [-0.1, -0.05) is 0 Å². The summed E-state index contributed by atoms with van der Waals surface area (Å²) in [6, 6.07) is 4.97. The van der Waals surface area contributed by atoms with Gasteiger partial charge in [0.15, 0.2) is 0 Å². The summed E-state index contributed by atoms with van der Waals surface area (Å²) in [6.45, 7) is 0. The largest absolute Gasteiger partial charge is 0.507 e. The summed E-state index contributed by atoms with van der Waals surface area (Å²) in [7, 11) is -9.12. The predicted octanol–water partition coefficient (Wildman–Crippen LogP) is 0.123. The summed E-state index contributed by atoms with van der Waals surface area (Å²) in [5, 5.41) is 9.39. The topological polar surface area (TPSA) is 129 Å². The molecular weight excluding hydrogens is 321 g/mol. The molecule has 10 heteroatoms. The molecule has 7 nitrogen and oxygen atoms in total. The molecule has 0 bridgehead atoms. The first-order chi connectivity index (χ1) is 8.60. The van der Waals surface area contributed by atoms with E-state index in [0.717, 1.165) is 30.3 Å². The SMILES string of the molecule is O=S(=O)(O)c1ccc2c(O)ccc(S(=O)(=O)O)c2c1.[MgH2]. The minimum Gasteiger partial charge on any atom is -0.507 e. The van der Waals surface area contributed by atoms with Crippen molar-refractivity contribution in [1.29, 1.82) is 0 Å². The Morgan fingerprint density at radius 1 is 0.800 bits per heavy atom. The Balaban J connectivity index is 0.00000200. The van der Waals surface area contributed by atoms with E-state index in [4.69, 9.17) is 9.11 Å². The molecule has 20 heavy (non-hydrogen) atoms. The molecule has 0 aliphatic rings. The van der Waals surface area contributed by atoms with Crippen molar-refractivity contribution in [2.75, 3.05) is 0 Å². The third-order valence-corrected chi connectivity index (χ3v) is 4.26. The summed E-state index contributed by atoms with van der Waals surface area (Å²) in [6.07, 6.45) is 0. The van der Waals surface area contributed by atoms with Crippen LogP contribution in [0.1, 0.15) is 0 Å². The predicted molar refractivity (Wildman–Crippen MR) is 73.8 cm³/mol. The molecule has 0 saturated carbocycles. The van der Waals surface area contributed by atoms with Crippen LogP contribution < -0.4 is 0 Å². The van der Waals surface area contributed by atoms with Crippen molar-refractivity contribution in [3.05, 3.63) is 30.3 Å². The Bertz CT molecular complexity index is 872. The lowest BCUT2D eigenvalue weighted by Gasteiger charge is -2.07. The Labute approximate surface area is 130 Å². The van der Waals surface area contributed by atoms with Crippen LogP contribution in [0.5, 0.6) is 5.75 Å². The summed E-state index contributed by atoms with van der Waals surface area (Å²) in [5.41, 5.74) is 0. The number of fused-ring (bicyclic) bond motifs is 1. The molecule has 0 atom stereocenters. The number of phenols is 1. The minimum atomic E-state index is -4.60. The quantitative estimate of drug-likeness (QED) is 0.527. The number of hydrogen-bond donors (Lipinski definition) is 3. The second kappa shape index (κ2) is 5.46. The van der Waals surface area contributed by atoms with E-state index < -0.39 is 30.0 Å². The average Bonchev–Trinajstić information content (AvgIpc) is 2.26. The highest BCUT2D eigenvalue weighted by molar-refractivity contribution is 7.86. The monoisotopic (exact) mass is 330 g/mol. The molecule has 2 aromatic carbocycles. The van der Waals surface area contributed by atoms with Gasteiger partial charge in [-0.05, 0) is 30.3 Å². The van der Waals surface area contributed by atoms with E-state index in [2.05, 4.69) is 0 Å². The van der Waals surface area contributed by atoms with Gasteiger partial charge < -0.3 is 5.11 Å². The van der Waals surface area contributed by atoms with Gasteiger partial charge in [0.05, 0.1) is 4.90 Å². The van der Waals surface area contributed by atoms with Gasteiger partial charge in [-0.3, -0.25) is 9.11 Å². The average molecular weight is 331 g/mol. The fourth-order valence-electron chi connectivity index (χ4n) is 1.67. The van der Waals surface area contributed by atoms with Crippen LogP contribution in [0.2, 0.25) is 0 Å². The van der Waals surface area contributed by atoms with E-state index in [1.165, 1.54) is 0 Å². The molecule has 3 N–H and O–H groups in total. The normalized spacial score (nSPS) is 12.1. The van der Waals surface area contributed by atoms with E-state index in [9.17, 15) is 21.9 Å². The highest BCUT2D eigenvalue weighted by atomic mass is 32.2. The molecule has 0 aliphatic heterocycles. The Hall–Kier alpha value is -0.914. The molecule has 0 saturated heterocycles. The molecule has 0 heterocycles. The molecule has 106 valence electrons. The molecule has 0 spiro atoms. The van der Waals surface area contributed by atoms with Crippen LogP contribution in [0.4, 0.5) is 0 Å². The Kier molecular flexibility index (Phi) is 4.68. The maximum atomic E-state index is 11.2. The van der Waals surface area contributed by atoms with E-state index in [0.29, 0.717) is 0 Å². The van der Waals surface area contributed by atoms with E-state index >= 15 is 0 Å². The van der Waals surface area contributed by atoms with Gasteiger partial charge >= 0.3 is 23.1 Å². The first kappa shape index (κ1) is 17.1. The van der Waals surface area contributed by atoms with Gasteiger partial charge in [-0.2, -0.15) is 16.8 Å². The number of hydrogen-bond acceptors (Lipinski definition) is 5. The summed E-state index contributed by atoms with van der Waals surface area (Å²) in [4.78, 5) is -1.11. The second-order valence-electron chi connectivity index (χ2n) is 3.74. The zero-order valence-electron chi connectivity index (χ0n) is 9.18. The third kappa shape index (κ3) is 3.21. The standard InChI is InChI=1S/C10H8O7S2.Mg.2H/c11-9-3-4-10(19(15,16)17)8-5-6(18(12,13)14)1-2-7(8)9;;;/h1-5,11H,(H,12,13,14)(H,15,16,17);;;. The highest BCUT2D eigenvalue weighted by Gasteiger charge is 2.18. The second-order valence-corrected chi connectivity index (χ2v) is 6.55. The molecule has 2 aromatic rings. The van der Waals surface area contributed by atoms with Gasteiger partial charge in [-0.15, -0.1) is 0 Å². The first-order valence-electron chi connectivity index (χ1n) is 4.81. The number of benzene rings is 2. The smallest absolute Gasteiger partial charge is 0.316 e. The Morgan fingerprint density at radius 3 is 1.90 bits per heavy atom. The summed E-state index contributed by atoms with van der Waals surface area (Å²) in [5.74, 6) is -0.288. The zero-order chi connectivity index (χ0) is 14.4.